The highest BCUT2D eigenvalue weighted by Gasteiger charge is 2.17. The zero-order valence-corrected chi connectivity index (χ0v) is 16.5. The summed E-state index contributed by atoms with van der Waals surface area (Å²) < 4.78 is 6.53. The van der Waals surface area contributed by atoms with Crippen molar-refractivity contribution in [2.75, 3.05) is 12.4 Å². The fourth-order valence-corrected chi connectivity index (χ4v) is 2.99. The van der Waals surface area contributed by atoms with Gasteiger partial charge in [-0.05, 0) is 35.4 Å². The number of nitrogens with zero attached hydrogens (tertiary/aromatic N) is 4. The van der Waals surface area contributed by atoms with Crippen LogP contribution in [-0.4, -0.2) is 32.8 Å². The van der Waals surface area contributed by atoms with Crippen LogP contribution in [-0.2, 0) is 13.0 Å². The van der Waals surface area contributed by atoms with Crippen LogP contribution in [0.3, 0.4) is 0 Å². The van der Waals surface area contributed by atoms with Crippen LogP contribution < -0.4 is 10.1 Å². The number of ether oxygens (including phenoxy) is 1. The van der Waals surface area contributed by atoms with Gasteiger partial charge >= 0.3 is 0 Å². The number of rotatable bonds is 7. The Morgan fingerprint density at radius 3 is 2.50 bits per heavy atom. The SMILES string of the molecule is COc1ccc(CNc2nc(-c3cccnc3)nn2C(=O)Cc2ccccc2)cc1. The molecule has 7 nitrogen and oxygen atoms in total. The second-order valence-electron chi connectivity index (χ2n) is 6.67. The van der Waals surface area contributed by atoms with Crippen molar-refractivity contribution in [3.63, 3.8) is 0 Å². The quantitative estimate of drug-likeness (QED) is 0.508. The van der Waals surface area contributed by atoms with E-state index in [4.69, 9.17) is 4.74 Å². The molecule has 0 fully saturated rings. The molecule has 0 unspecified atom stereocenters. The first kappa shape index (κ1) is 19.3. The van der Waals surface area contributed by atoms with Gasteiger partial charge in [0.15, 0.2) is 5.82 Å². The maximum absolute atomic E-state index is 13.0. The number of aromatic nitrogens is 4. The lowest BCUT2D eigenvalue weighted by Crippen LogP contribution is -2.18. The van der Waals surface area contributed by atoms with Crippen molar-refractivity contribution in [3.05, 3.63) is 90.3 Å². The Morgan fingerprint density at radius 1 is 1.00 bits per heavy atom. The molecule has 0 aliphatic carbocycles. The van der Waals surface area contributed by atoms with Gasteiger partial charge in [-0.1, -0.05) is 42.5 Å². The van der Waals surface area contributed by atoms with E-state index in [1.165, 1.54) is 4.68 Å². The molecule has 0 saturated heterocycles. The molecule has 0 atom stereocenters. The number of nitrogens with one attached hydrogen (secondary N) is 1. The van der Waals surface area contributed by atoms with E-state index in [-0.39, 0.29) is 12.3 Å². The van der Waals surface area contributed by atoms with Crippen molar-refractivity contribution in [2.24, 2.45) is 0 Å². The van der Waals surface area contributed by atoms with Gasteiger partial charge in [-0.25, -0.2) is 0 Å². The Hall–Kier alpha value is -4.00. The molecule has 7 heteroatoms. The smallest absolute Gasteiger partial charge is 0.254 e. The zero-order valence-electron chi connectivity index (χ0n) is 16.5. The molecule has 0 aliphatic rings. The second kappa shape index (κ2) is 9.00. The van der Waals surface area contributed by atoms with Crippen molar-refractivity contribution in [1.29, 1.82) is 0 Å². The van der Waals surface area contributed by atoms with Gasteiger partial charge in [0.1, 0.15) is 5.75 Å². The van der Waals surface area contributed by atoms with Gasteiger partial charge in [0.2, 0.25) is 5.95 Å². The Bertz CT molecular complexity index is 1110. The Labute approximate surface area is 174 Å². The van der Waals surface area contributed by atoms with Crippen LogP contribution in [0.1, 0.15) is 15.9 Å². The molecule has 2 aromatic heterocycles. The summed E-state index contributed by atoms with van der Waals surface area (Å²) in [4.78, 5) is 21.6. The molecule has 0 saturated carbocycles. The summed E-state index contributed by atoms with van der Waals surface area (Å²) in [5.74, 6) is 1.47. The van der Waals surface area contributed by atoms with Gasteiger partial charge in [-0.2, -0.15) is 9.67 Å². The number of hydrogen-bond donors (Lipinski definition) is 1. The first-order valence-corrected chi connectivity index (χ1v) is 9.54. The Balaban J connectivity index is 1.59. The van der Waals surface area contributed by atoms with Crippen LogP contribution in [0, 0.1) is 0 Å². The topological polar surface area (TPSA) is 81.9 Å². The lowest BCUT2D eigenvalue weighted by Gasteiger charge is -2.08. The fraction of sp³-hybridized carbons (Fsp3) is 0.130. The lowest BCUT2D eigenvalue weighted by molar-refractivity contribution is 0.0901. The third kappa shape index (κ3) is 4.52. The monoisotopic (exact) mass is 399 g/mol. The van der Waals surface area contributed by atoms with Crippen LogP contribution in [0.2, 0.25) is 0 Å². The molecule has 0 bridgehead atoms. The highest BCUT2D eigenvalue weighted by atomic mass is 16.5. The second-order valence-corrected chi connectivity index (χ2v) is 6.67. The molecule has 2 aromatic carbocycles. The number of hydrogen-bond acceptors (Lipinski definition) is 6. The molecule has 2 heterocycles. The van der Waals surface area contributed by atoms with Gasteiger partial charge in [0, 0.05) is 24.5 Å². The van der Waals surface area contributed by atoms with Crippen LogP contribution in [0.25, 0.3) is 11.4 Å². The van der Waals surface area contributed by atoms with E-state index in [0.29, 0.717) is 18.3 Å². The minimum absolute atomic E-state index is 0.166. The van der Waals surface area contributed by atoms with E-state index >= 15 is 0 Å². The fourth-order valence-electron chi connectivity index (χ4n) is 2.99. The third-order valence-electron chi connectivity index (χ3n) is 4.57. The van der Waals surface area contributed by atoms with Crippen LogP contribution in [0.15, 0.2) is 79.1 Å². The van der Waals surface area contributed by atoms with Crippen LogP contribution in [0.5, 0.6) is 5.75 Å². The molecule has 0 radical (unpaired) electrons. The molecule has 4 rings (SSSR count). The minimum Gasteiger partial charge on any atom is -0.497 e. The minimum atomic E-state index is -0.166. The normalized spacial score (nSPS) is 10.6. The van der Waals surface area contributed by atoms with Crippen LogP contribution >= 0.6 is 0 Å². The average Bonchev–Trinajstić information content (AvgIpc) is 3.24. The van der Waals surface area contributed by atoms with Crippen molar-refractivity contribution in [3.8, 4) is 17.1 Å². The standard InChI is InChI=1S/C23H21N5O2/c1-30-20-11-9-18(10-12-20)15-25-23-26-22(19-8-5-13-24-16-19)27-28(23)21(29)14-17-6-3-2-4-7-17/h2-13,16H,14-15H2,1H3,(H,25,26,27). The molecular weight excluding hydrogens is 378 g/mol. The molecule has 150 valence electrons. The van der Waals surface area contributed by atoms with E-state index in [0.717, 1.165) is 22.4 Å². The van der Waals surface area contributed by atoms with Gasteiger partial charge in [0.25, 0.3) is 5.91 Å². The maximum atomic E-state index is 13.0. The molecule has 30 heavy (non-hydrogen) atoms. The van der Waals surface area contributed by atoms with Crippen molar-refractivity contribution < 1.29 is 9.53 Å². The number of anilines is 1. The molecule has 4 aromatic rings. The summed E-state index contributed by atoms with van der Waals surface area (Å²) in [5, 5.41) is 7.68. The van der Waals surface area contributed by atoms with E-state index in [1.54, 1.807) is 19.5 Å². The highest BCUT2D eigenvalue weighted by molar-refractivity contribution is 5.83. The first-order valence-electron chi connectivity index (χ1n) is 9.54. The Kier molecular flexibility index (Phi) is 5.80. The molecule has 1 N–H and O–H groups in total. The number of carbonyl (C=O) groups is 1. The number of benzene rings is 2. The van der Waals surface area contributed by atoms with Gasteiger partial charge in [-0.15, -0.1) is 5.10 Å². The van der Waals surface area contributed by atoms with E-state index in [1.807, 2.05) is 66.7 Å². The summed E-state index contributed by atoms with van der Waals surface area (Å²) in [6, 6.07) is 21.0. The Morgan fingerprint density at radius 2 is 1.80 bits per heavy atom. The summed E-state index contributed by atoms with van der Waals surface area (Å²) in [7, 11) is 1.63. The van der Waals surface area contributed by atoms with E-state index in [9.17, 15) is 4.79 Å². The third-order valence-corrected chi connectivity index (χ3v) is 4.57. The average molecular weight is 399 g/mol. The van der Waals surface area contributed by atoms with Crippen molar-refractivity contribution in [2.45, 2.75) is 13.0 Å². The van der Waals surface area contributed by atoms with Gasteiger partial charge in [-0.3, -0.25) is 9.78 Å². The number of carbonyl (C=O) groups excluding carboxylic acids is 1. The zero-order chi connectivity index (χ0) is 20.8. The molecule has 0 amide bonds. The number of methoxy groups -OCH3 is 1. The molecular formula is C23H21N5O2. The highest BCUT2D eigenvalue weighted by Crippen LogP contribution is 2.19. The van der Waals surface area contributed by atoms with E-state index < -0.39 is 0 Å². The summed E-state index contributed by atoms with van der Waals surface area (Å²) in [6.07, 6.45) is 3.59. The summed E-state index contributed by atoms with van der Waals surface area (Å²) >= 11 is 0. The predicted molar refractivity (Wildman–Crippen MR) is 114 cm³/mol. The van der Waals surface area contributed by atoms with Crippen molar-refractivity contribution >= 4 is 11.9 Å². The molecule has 0 spiro atoms. The lowest BCUT2D eigenvalue weighted by atomic mass is 10.1. The van der Waals surface area contributed by atoms with Crippen LogP contribution in [0.4, 0.5) is 5.95 Å². The van der Waals surface area contributed by atoms with E-state index in [2.05, 4.69) is 20.4 Å². The van der Waals surface area contributed by atoms with Crippen molar-refractivity contribution in [1.82, 2.24) is 19.7 Å². The number of pyridine rings is 1. The summed E-state index contributed by atoms with van der Waals surface area (Å²) in [6.45, 7) is 0.494. The first-order chi connectivity index (χ1) is 14.7. The predicted octanol–water partition coefficient (Wildman–Crippen LogP) is 3.84. The summed E-state index contributed by atoms with van der Waals surface area (Å²) in [5.41, 5.74) is 2.70. The van der Waals surface area contributed by atoms with Gasteiger partial charge in [0.05, 0.1) is 13.5 Å². The largest absolute Gasteiger partial charge is 0.497 e. The van der Waals surface area contributed by atoms with Gasteiger partial charge < -0.3 is 10.1 Å². The molecule has 0 aliphatic heterocycles. The maximum Gasteiger partial charge on any atom is 0.254 e.